The Morgan fingerprint density at radius 2 is 1.67 bits per heavy atom. The van der Waals surface area contributed by atoms with E-state index in [1.165, 1.54) is 6.33 Å². The van der Waals surface area contributed by atoms with Gasteiger partial charge in [0.1, 0.15) is 12.1 Å². The average Bonchev–Trinajstić information content (AvgIpc) is 2.45. The summed E-state index contributed by atoms with van der Waals surface area (Å²) in [7, 11) is 0. The van der Waals surface area contributed by atoms with Gasteiger partial charge in [0.15, 0.2) is 17.5 Å². The predicted molar refractivity (Wildman–Crippen MR) is 73.5 cm³/mol. The van der Waals surface area contributed by atoms with E-state index in [0.717, 1.165) is 12.1 Å². The molecule has 1 aromatic heterocycles. The number of nitrogens with two attached hydrogens (primary N) is 1. The fourth-order valence-corrected chi connectivity index (χ4v) is 1.94. The highest BCUT2D eigenvalue weighted by molar-refractivity contribution is 5.92. The molecule has 1 heterocycles. The first-order valence-electron chi connectivity index (χ1n) is 5.96. The number of nitrogens with one attached hydrogen (secondary N) is 1. The lowest BCUT2D eigenvalue weighted by Crippen LogP contribution is -1.99. The first kappa shape index (κ1) is 13.2. The molecule has 0 spiro atoms. The van der Waals surface area contributed by atoms with Gasteiger partial charge in [-0.2, -0.15) is 0 Å². The van der Waals surface area contributed by atoms with Crippen molar-refractivity contribution in [2.75, 3.05) is 11.1 Å². The maximum Gasteiger partial charge on any atom is 0.194 e. The zero-order valence-electron chi connectivity index (χ0n) is 10.6. The summed E-state index contributed by atoms with van der Waals surface area (Å²) in [5, 5.41) is 3.32. The van der Waals surface area contributed by atoms with Gasteiger partial charge in [-0.05, 0) is 18.2 Å². The van der Waals surface area contributed by atoms with Crippen molar-refractivity contribution in [3.63, 3.8) is 0 Å². The van der Waals surface area contributed by atoms with Crippen molar-refractivity contribution in [3.8, 4) is 0 Å². The van der Waals surface area contributed by atoms with Crippen LogP contribution in [0.4, 0.5) is 30.4 Å². The van der Waals surface area contributed by atoms with Crippen LogP contribution in [0.1, 0.15) is 0 Å². The minimum absolute atomic E-state index is 0.0359. The minimum Gasteiger partial charge on any atom is -0.399 e. The van der Waals surface area contributed by atoms with Gasteiger partial charge in [-0.15, -0.1) is 0 Å². The SMILES string of the molecule is Nc1ccc2ncnc(Nc3cc(F)c(F)c(F)c3)c2c1. The van der Waals surface area contributed by atoms with Crippen LogP contribution in [0.2, 0.25) is 0 Å². The Kier molecular flexibility index (Phi) is 3.09. The third-order valence-corrected chi connectivity index (χ3v) is 2.91. The van der Waals surface area contributed by atoms with E-state index in [2.05, 4.69) is 15.3 Å². The molecule has 0 amide bonds. The summed E-state index contributed by atoms with van der Waals surface area (Å²) in [5.41, 5.74) is 6.85. The maximum atomic E-state index is 13.2. The molecule has 0 fully saturated rings. The fourth-order valence-electron chi connectivity index (χ4n) is 1.94. The lowest BCUT2D eigenvalue weighted by molar-refractivity contribution is 0.448. The average molecular weight is 290 g/mol. The number of rotatable bonds is 2. The zero-order chi connectivity index (χ0) is 15.0. The van der Waals surface area contributed by atoms with Gasteiger partial charge in [0.05, 0.1) is 5.52 Å². The molecule has 0 saturated heterocycles. The molecular weight excluding hydrogens is 281 g/mol. The van der Waals surface area contributed by atoms with Gasteiger partial charge in [-0.1, -0.05) is 0 Å². The highest BCUT2D eigenvalue weighted by Crippen LogP contribution is 2.26. The largest absolute Gasteiger partial charge is 0.399 e. The van der Waals surface area contributed by atoms with E-state index in [0.29, 0.717) is 22.4 Å². The molecule has 3 aromatic rings. The molecule has 0 radical (unpaired) electrons. The number of anilines is 3. The third-order valence-electron chi connectivity index (χ3n) is 2.91. The number of aromatic nitrogens is 2. The molecule has 106 valence electrons. The number of fused-ring (bicyclic) bond motifs is 1. The normalized spacial score (nSPS) is 10.8. The van der Waals surface area contributed by atoms with Gasteiger partial charge >= 0.3 is 0 Å². The maximum absolute atomic E-state index is 13.2. The number of nitrogens with zero attached hydrogens (tertiary/aromatic N) is 2. The molecule has 0 saturated carbocycles. The molecule has 4 nitrogen and oxygen atoms in total. The minimum atomic E-state index is -1.52. The van der Waals surface area contributed by atoms with Crippen LogP contribution in [-0.4, -0.2) is 9.97 Å². The molecule has 2 aromatic carbocycles. The summed E-state index contributed by atoms with van der Waals surface area (Å²) in [6.45, 7) is 0. The van der Waals surface area contributed by atoms with Crippen molar-refractivity contribution < 1.29 is 13.2 Å². The second-order valence-electron chi connectivity index (χ2n) is 4.38. The first-order chi connectivity index (χ1) is 10.0. The predicted octanol–water partition coefficient (Wildman–Crippen LogP) is 3.37. The smallest absolute Gasteiger partial charge is 0.194 e. The second kappa shape index (κ2) is 4.93. The summed E-state index contributed by atoms with van der Waals surface area (Å²) in [4.78, 5) is 8.07. The van der Waals surface area contributed by atoms with Gasteiger partial charge in [0.2, 0.25) is 0 Å². The molecule has 0 bridgehead atoms. The Labute approximate surface area is 117 Å². The first-order valence-corrected chi connectivity index (χ1v) is 5.96. The molecule has 0 atom stereocenters. The third kappa shape index (κ3) is 2.45. The van der Waals surface area contributed by atoms with Crippen LogP contribution >= 0.6 is 0 Å². The van der Waals surface area contributed by atoms with Crippen molar-refractivity contribution >= 4 is 28.1 Å². The van der Waals surface area contributed by atoms with Crippen LogP contribution in [0.25, 0.3) is 10.9 Å². The number of hydrogen-bond donors (Lipinski definition) is 2. The number of hydrogen-bond acceptors (Lipinski definition) is 4. The Morgan fingerprint density at radius 1 is 0.952 bits per heavy atom. The number of benzene rings is 2. The standard InChI is InChI=1S/C14H9F3N4/c15-10-4-8(5-11(16)13(10)17)21-14-9-3-7(18)1-2-12(9)19-6-20-14/h1-6H,18H2,(H,19,20,21). The topological polar surface area (TPSA) is 63.8 Å². The lowest BCUT2D eigenvalue weighted by Gasteiger charge is -2.09. The number of halogens is 3. The van der Waals surface area contributed by atoms with E-state index in [1.807, 2.05) is 0 Å². The van der Waals surface area contributed by atoms with E-state index < -0.39 is 17.5 Å². The number of nitrogen functional groups attached to an aromatic ring is 1. The molecule has 0 aliphatic carbocycles. The fraction of sp³-hybridized carbons (Fsp3) is 0. The van der Waals surface area contributed by atoms with Gasteiger partial charge in [-0.3, -0.25) is 0 Å². The van der Waals surface area contributed by atoms with E-state index in [1.54, 1.807) is 18.2 Å². The van der Waals surface area contributed by atoms with Gasteiger partial charge in [0.25, 0.3) is 0 Å². The van der Waals surface area contributed by atoms with Gasteiger partial charge in [-0.25, -0.2) is 23.1 Å². The van der Waals surface area contributed by atoms with Crippen LogP contribution in [0, 0.1) is 17.5 Å². The van der Waals surface area contributed by atoms with Crippen molar-refractivity contribution in [1.82, 2.24) is 9.97 Å². The van der Waals surface area contributed by atoms with Crippen LogP contribution in [-0.2, 0) is 0 Å². The molecule has 3 rings (SSSR count). The molecule has 7 heteroatoms. The molecule has 0 aliphatic heterocycles. The lowest BCUT2D eigenvalue weighted by atomic mass is 10.2. The quantitative estimate of drug-likeness (QED) is 0.561. The highest BCUT2D eigenvalue weighted by atomic mass is 19.2. The Morgan fingerprint density at radius 3 is 2.38 bits per heavy atom. The Hall–Kier alpha value is -2.83. The summed E-state index contributed by atoms with van der Waals surface area (Å²) in [6, 6.07) is 6.70. The van der Waals surface area contributed by atoms with Crippen LogP contribution in [0.3, 0.4) is 0 Å². The van der Waals surface area contributed by atoms with Gasteiger partial charge in [0, 0.05) is 28.9 Å². The van der Waals surface area contributed by atoms with E-state index in [-0.39, 0.29) is 5.69 Å². The van der Waals surface area contributed by atoms with Crippen molar-refractivity contribution in [2.24, 2.45) is 0 Å². The molecular formula is C14H9F3N4. The Balaban J connectivity index is 2.08. The molecule has 0 aliphatic rings. The summed E-state index contributed by atoms with van der Waals surface area (Å²) < 4.78 is 39.4. The van der Waals surface area contributed by atoms with Crippen LogP contribution in [0.5, 0.6) is 0 Å². The molecule has 0 unspecified atom stereocenters. The highest BCUT2D eigenvalue weighted by Gasteiger charge is 2.12. The summed E-state index contributed by atoms with van der Waals surface area (Å²) >= 11 is 0. The van der Waals surface area contributed by atoms with Crippen molar-refractivity contribution in [1.29, 1.82) is 0 Å². The van der Waals surface area contributed by atoms with Crippen LogP contribution in [0.15, 0.2) is 36.7 Å². The zero-order valence-corrected chi connectivity index (χ0v) is 10.6. The van der Waals surface area contributed by atoms with E-state index in [9.17, 15) is 13.2 Å². The Bertz CT molecular complexity index is 813. The summed E-state index contributed by atoms with van der Waals surface area (Å²) in [5.74, 6) is -3.76. The second-order valence-corrected chi connectivity index (χ2v) is 4.38. The van der Waals surface area contributed by atoms with Crippen LogP contribution < -0.4 is 11.1 Å². The monoisotopic (exact) mass is 290 g/mol. The van der Waals surface area contributed by atoms with Crippen molar-refractivity contribution in [2.45, 2.75) is 0 Å². The summed E-state index contributed by atoms with van der Waals surface area (Å²) in [6.07, 6.45) is 1.30. The van der Waals surface area contributed by atoms with E-state index in [4.69, 9.17) is 5.73 Å². The van der Waals surface area contributed by atoms with Crippen molar-refractivity contribution in [3.05, 3.63) is 54.1 Å². The molecule has 3 N–H and O–H groups in total. The van der Waals surface area contributed by atoms with Gasteiger partial charge < -0.3 is 11.1 Å². The molecule has 21 heavy (non-hydrogen) atoms. The van der Waals surface area contributed by atoms with E-state index >= 15 is 0 Å².